The van der Waals surface area contributed by atoms with Gasteiger partial charge in [-0.2, -0.15) is 4.31 Å². The topological polar surface area (TPSA) is 92.8 Å². The normalized spacial score (nSPS) is 11.6. The number of esters is 1. The van der Waals surface area contributed by atoms with Crippen molar-refractivity contribution in [1.82, 2.24) is 9.62 Å². The van der Waals surface area contributed by atoms with Crippen LogP contribution >= 0.6 is 0 Å². The van der Waals surface area contributed by atoms with Crippen molar-refractivity contribution in [2.45, 2.75) is 32.6 Å². The summed E-state index contributed by atoms with van der Waals surface area (Å²) in [7, 11) is -3.66. The molecule has 8 heteroatoms. The van der Waals surface area contributed by atoms with Crippen LogP contribution in [0.2, 0.25) is 0 Å². The van der Waals surface area contributed by atoms with Crippen LogP contribution in [0.15, 0.2) is 29.2 Å². The smallest absolute Gasteiger partial charge is 0.338 e. The fourth-order valence-electron chi connectivity index (χ4n) is 2.08. The second-order valence-corrected chi connectivity index (χ2v) is 7.83. The van der Waals surface area contributed by atoms with Crippen LogP contribution in [0.1, 0.15) is 38.1 Å². The second kappa shape index (κ2) is 9.53. The van der Waals surface area contributed by atoms with Gasteiger partial charge in [0.25, 0.3) is 5.91 Å². The number of carbonyl (C=O) groups is 2. The average molecular weight is 370 g/mol. The van der Waals surface area contributed by atoms with Gasteiger partial charge in [-0.05, 0) is 24.1 Å². The maximum Gasteiger partial charge on any atom is 0.338 e. The summed E-state index contributed by atoms with van der Waals surface area (Å²) >= 11 is 0. The van der Waals surface area contributed by atoms with Crippen molar-refractivity contribution in [3.8, 4) is 0 Å². The summed E-state index contributed by atoms with van der Waals surface area (Å²) in [4.78, 5) is 23.7. The molecule has 0 fully saturated rings. The van der Waals surface area contributed by atoms with E-state index in [1.54, 1.807) is 13.8 Å². The van der Waals surface area contributed by atoms with Gasteiger partial charge in [-0.15, -0.1) is 0 Å². The first kappa shape index (κ1) is 21.1. The molecule has 0 bridgehead atoms. The van der Waals surface area contributed by atoms with E-state index in [4.69, 9.17) is 4.74 Å². The molecule has 1 amide bonds. The third kappa shape index (κ3) is 6.13. The molecule has 0 aliphatic carbocycles. The fraction of sp³-hybridized carbons (Fsp3) is 0.529. The maximum atomic E-state index is 12.5. The Kier molecular flexibility index (Phi) is 8.05. The average Bonchev–Trinajstić information content (AvgIpc) is 2.58. The zero-order chi connectivity index (χ0) is 19.0. The number of hydrogen-bond donors (Lipinski definition) is 1. The predicted molar refractivity (Wildman–Crippen MR) is 94.7 cm³/mol. The minimum Gasteiger partial charge on any atom is -0.452 e. The largest absolute Gasteiger partial charge is 0.452 e. The first-order valence-electron chi connectivity index (χ1n) is 8.26. The van der Waals surface area contributed by atoms with Gasteiger partial charge in [-0.3, -0.25) is 4.79 Å². The lowest BCUT2D eigenvalue weighted by Gasteiger charge is -2.18. The Morgan fingerprint density at radius 2 is 1.84 bits per heavy atom. The summed E-state index contributed by atoms with van der Waals surface area (Å²) in [6.07, 6.45) is 0. The third-order valence-electron chi connectivity index (χ3n) is 3.45. The highest BCUT2D eigenvalue weighted by Crippen LogP contribution is 2.17. The van der Waals surface area contributed by atoms with E-state index in [0.717, 1.165) is 0 Å². The van der Waals surface area contributed by atoms with Crippen molar-refractivity contribution in [3.63, 3.8) is 0 Å². The van der Waals surface area contributed by atoms with E-state index in [-0.39, 0.29) is 10.5 Å². The molecule has 7 nitrogen and oxygen atoms in total. The summed E-state index contributed by atoms with van der Waals surface area (Å²) in [6.45, 7) is 8.16. The molecule has 1 N–H and O–H groups in total. The summed E-state index contributed by atoms with van der Waals surface area (Å²) in [6, 6.07) is 5.63. The lowest BCUT2D eigenvalue weighted by molar-refractivity contribution is -0.124. The monoisotopic (exact) mass is 370 g/mol. The molecule has 25 heavy (non-hydrogen) atoms. The molecule has 0 atom stereocenters. The predicted octanol–water partition coefficient (Wildman–Crippen LogP) is 1.65. The fourth-order valence-corrected chi connectivity index (χ4v) is 3.58. The highest BCUT2D eigenvalue weighted by atomic mass is 32.2. The van der Waals surface area contributed by atoms with Crippen molar-refractivity contribution in [1.29, 1.82) is 0 Å². The van der Waals surface area contributed by atoms with Crippen LogP contribution in [0, 0.1) is 5.92 Å². The van der Waals surface area contributed by atoms with E-state index in [2.05, 4.69) is 5.32 Å². The molecule has 1 aromatic carbocycles. The number of hydrogen-bond acceptors (Lipinski definition) is 5. The maximum absolute atomic E-state index is 12.5. The molecular weight excluding hydrogens is 344 g/mol. The van der Waals surface area contributed by atoms with Gasteiger partial charge in [0.1, 0.15) is 0 Å². The van der Waals surface area contributed by atoms with Crippen LogP contribution in [0.25, 0.3) is 0 Å². The number of amides is 1. The first-order valence-corrected chi connectivity index (χ1v) is 9.70. The molecule has 0 aliphatic heterocycles. The number of nitrogens with zero attached hydrogens (tertiary/aromatic N) is 1. The number of sulfonamides is 1. The quantitative estimate of drug-likeness (QED) is 0.667. The van der Waals surface area contributed by atoms with E-state index < -0.39 is 28.5 Å². The zero-order valence-electron chi connectivity index (χ0n) is 15.1. The van der Waals surface area contributed by atoms with Crippen LogP contribution < -0.4 is 5.32 Å². The number of nitrogens with one attached hydrogen (secondary N) is 1. The summed E-state index contributed by atoms with van der Waals surface area (Å²) in [5.41, 5.74) is 0.0879. The van der Waals surface area contributed by atoms with Gasteiger partial charge < -0.3 is 10.1 Å². The molecule has 0 aromatic heterocycles. The molecule has 1 rings (SSSR count). The van der Waals surface area contributed by atoms with E-state index in [9.17, 15) is 18.0 Å². The van der Waals surface area contributed by atoms with E-state index in [0.29, 0.717) is 25.6 Å². The molecule has 0 radical (unpaired) electrons. The van der Waals surface area contributed by atoms with Gasteiger partial charge in [0.2, 0.25) is 10.0 Å². The van der Waals surface area contributed by atoms with Gasteiger partial charge in [-0.1, -0.05) is 33.8 Å². The van der Waals surface area contributed by atoms with Crippen molar-refractivity contribution >= 4 is 21.9 Å². The Labute approximate surface area is 149 Å². The first-order chi connectivity index (χ1) is 11.7. The Morgan fingerprint density at radius 3 is 2.40 bits per heavy atom. The van der Waals surface area contributed by atoms with Crippen LogP contribution in [-0.4, -0.2) is 50.8 Å². The summed E-state index contributed by atoms with van der Waals surface area (Å²) in [5, 5.41) is 2.64. The lowest BCUT2D eigenvalue weighted by Crippen LogP contribution is -2.32. The van der Waals surface area contributed by atoms with Crippen LogP contribution in [0.3, 0.4) is 0 Å². The zero-order valence-corrected chi connectivity index (χ0v) is 15.9. The summed E-state index contributed by atoms with van der Waals surface area (Å²) < 4.78 is 31.2. The Bertz CT molecular complexity index is 697. The molecule has 0 aliphatic rings. The van der Waals surface area contributed by atoms with Gasteiger partial charge >= 0.3 is 5.97 Å². The molecule has 0 spiro atoms. The highest BCUT2D eigenvalue weighted by Gasteiger charge is 2.23. The van der Waals surface area contributed by atoms with Gasteiger partial charge in [0.05, 0.1) is 10.5 Å². The number of ether oxygens (including phenoxy) is 1. The Hall–Kier alpha value is -1.93. The SMILES string of the molecule is CCN(CC)S(=O)(=O)c1cccc(C(=O)OCC(=O)NCC(C)C)c1. The standard InChI is InChI=1S/C17H26N2O5S/c1-5-19(6-2)25(22,23)15-9-7-8-14(10-15)17(21)24-12-16(20)18-11-13(3)4/h7-10,13H,5-6,11-12H2,1-4H3,(H,18,20). The van der Waals surface area contributed by atoms with E-state index in [1.165, 1.54) is 28.6 Å². The van der Waals surface area contributed by atoms with E-state index >= 15 is 0 Å². The van der Waals surface area contributed by atoms with Crippen molar-refractivity contribution in [2.24, 2.45) is 5.92 Å². The molecule has 140 valence electrons. The molecule has 0 saturated carbocycles. The number of carbonyl (C=O) groups excluding carboxylic acids is 2. The molecule has 0 saturated heterocycles. The van der Waals surface area contributed by atoms with Gasteiger partial charge in [0.15, 0.2) is 6.61 Å². The lowest BCUT2D eigenvalue weighted by atomic mass is 10.2. The third-order valence-corrected chi connectivity index (χ3v) is 5.50. The van der Waals surface area contributed by atoms with Gasteiger partial charge in [0, 0.05) is 19.6 Å². The second-order valence-electron chi connectivity index (χ2n) is 5.89. The number of rotatable bonds is 9. The van der Waals surface area contributed by atoms with Crippen LogP contribution in [0.5, 0.6) is 0 Å². The minimum absolute atomic E-state index is 0.0231. The Morgan fingerprint density at radius 1 is 1.20 bits per heavy atom. The summed E-state index contributed by atoms with van der Waals surface area (Å²) in [5.74, 6) is -0.841. The molecular formula is C17H26N2O5S. The van der Waals surface area contributed by atoms with Gasteiger partial charge in [-0.25, -0.2) is 13.2 Å². The molecule has 0 heterocycles. The van der Waals surface area contributed by atoms with Crippen LogP contribution in [0.4, 0.5) is 0 Å². The minimum atomic E-state index is -3.66. The molecule has 1 aromatic rings. The molecule has 0 unspecified atom stereocenters. The van der Waals surface area contributed by atoms with Crippen LogP contribution in [-0.2, 0) is 19.6 Å². The van der Waals surface area contributed by atoms with Crippen molar-refractivity contribution in [2.75, 3.05) is 26.2 Å². The van der Waals surface area contributed by atoms with E-state index in [1.807, 2.05) is 13.8 Å². The van der Waals surface area contributed by atoms with Crippen molar-refractivity contribution < 1.29 is 22.7 Å². The van der Waals surface area contributed by atoms with Crippen molar-refractivity contribution in [3.05, 3.63) is 29.8 Å². The Balaban J connectivity index is 2.80. The number of benzene rings is 1. The highest BCUT2D eigenvalue weighted by molar-refractivity contribution is 7.89.